The number of likely N-dealkylation sites (N-methyl/N-ethyl adjacent to an activating group) is 1. The fraction of sp³-hybridized carbons (Fsp3) is 0.238. The highest BCUT2D eigenvalue weighted by atomic mass is 35.5. The topological polar surface area (TPSA) is 87.5 Å². The van der Waals surface area contributed by atoms with E-state index in [0.717, 1.165) is 5.69 Å². The van der Waals surface area contributed by atoms with E-state index in [1.54, 1.807) is 41.2 Å². The number of sulfonamides is 1. The SMILES string of the molecule is CN1CCN(S(=O)(=O)c2ccc(NC(=O)c3cnn(-c4cccc(Cl)c4)c3)cc2)CC1. The van der Waals surface area contributed by atoms with Crippen LogP contribution in [0.2, 0.25) is 5.02 Å². The van der Waals surface area contributed by atoms with Crippen molar-refractivity contribution in [2.24, 2.45) is 0 Å². The maximum Gasteiger partial charge on any atom is 0.258 e. The van der Waals surface area contributed by atoms with Gasteiger partial charge in [0.25, 0.3) is 5.91 Å². The monoisotopic (exact) mass is 459 g/mol. The first-order valence-electron chi connectivity index (χ1n) is 9.74. The Hall–Kier alpha value is -2.72. The summed E-state index contributed by atoms with van der Waals surface area (Å²) in [5, 5.41) is 7.54. The Morgan fingerprint density at radius 2 is 1.77 bits per heavy atom. The first-order valence-corrected chi connectivity index (χ1v) is 11.6. The molecular formula is C21H22ClN5O3S. The fourth-order valence-electron chi connectivity index (χ4n) is 3.29. The zero-order chi connectivity index (χ0) is 22.0. The fourth-order valence-corrected chi connectivity index (χ4v) is 4.90. The minimum Gasteiger partial charge on any atom is -0.322 e. The van der Waals surface area contributed by atoms with E-state index in [1.165, 1.54) is 22.6 Å². The average molecular weight is 460 g/mol. The van der Waals surface area contributed by atoms with Crippen LogP contribution in [0.15, 0.2) is 65.8 Å². The number of carbonyl (C=O) groups excluding carboxylic acids is 1. The molecule has 0 saturated carbocycles. The molecule has 1 aromatic heterocycles. The van der Waals surface area contributed by atoms with Gasteiger partial charge in [-0.1, -0.05) is 17.7 Å². The zero-order valence-electron chi connectivity index (χ0n) is 16.9. The number of nitrogens with one attached hydrogen (secondary N) is 1. The van der Waals surface area contributed by atoms with Gasteiger partial charge in [-0.25, -0.2) is 13.1 Å². The molecule has 8 nitrogen and oxygen atoms in total. The lowest BCUT2D eigenvalue weighted by molar-refractivity contribution is 0.102. The Balaban J connectivity index is 1.44. The normalized spacial score (nSPS) is 15.7. The molecule has 162 valence electrons. The number of piperazine rings is 1. The number of hydrogen-bond donors (Lipinski definition) is 1. The lowest BCUT2D eigenvalue weighted by Crippen LogP contribution is -2.46. The molecule has 0 bridgehead atoms. The average Bonchev–Trinajstić information content (AvgIpc) is 3.25. The summed E-state index contributed by atoms with van der Waals surface area (Å²) in [4.78, 5) is 14.9. The maximum atomic E-state index is 12.8. The number of carbonyl (C=O) groups is 1. The minimum atomic E-state index is -3.54. The van der Waals surface area contributed by atoms with E-state index in [2.05, 4.69) is 15.3 Å². The molecule has 31 heavy (non-hydrogen) atoms. The van der Waals surface area contributed by atoms with Gasteiger partial charge in [0.15, 0.2) is 0 Å². The molecule has 0 radical (unpaired) electrons. The molecule has 2 heterocycles. The van der Waals surface area contributed by atoms with Gasteiger partial charge in [0.2, 0.25) is 10.0 Å². The Morgan fingerprint density at radius 1 is 1.06 bits per heavy atom. The van der Waals surface area contributed by atoms with E-state index in [4.69, 9.17) is 11.6 Å². The van der Waals surface area contributed by atoms with Crippen molar-refractivity contribution < 1.29 is 13.2 Å². The number of hydrogen-bond acceptors (Lipinski definition) is 5. The van der Waals surface area contributed by atoms with Gasteiger partial charge in [0.05, 0.1) is 22.3 Å². The molecular weight excluding hydrogens is 438 g/mol. The number of halogens is 1. The molecule has 0 spiro atoms. The van der Waals surface area contributed by atoms with Crippen molar-refractivity contribution in [3.05, 3.63) is 71.5 Å². The molecule has 4 rings (SSSR count). The molecule has 0 aliphatic carbocycles. The molecule has 3 aromatic rings. The molecule has 1 aliphatic heterocycles. The van der Waals surface area contributed by atoms with Crippen LogP contribution in [0, 0.1) is 0 Å². The molecule has 1 fully saturated rings. The molecule has 1 saturated heterocycles. The summed E-state index contributed by atoms with van der Waals surface area (Å²) in [7, 11) is -1.57. The number of rotatable bonds is 5. The number of nitrogens with zero attached hydrogens (tertiary/aromatic N) is 4. The number of anilines is 1. The van der Waals surface area contributed by atoms with Crippen molar-refractivity contribution in [2.45, 2.75) is 4.90 Å². The summed E-state index contributed by atoms with van der Waals surface area (Å²) < 4.78 is 28.7. The highest BCUT2D eigenvalue weighted by Crippen LogP contribution is 2.20. The molecule has 0 atom stereocenters. The van der Waals surface area contributed by atoms with Gasteiger partial charge in [-0.2, -0.15) is 9.40 Å². The van der Waals surface area contributed by atoms with Crippen molar-refractivity contribution in [2.75, 3.05) is 38.5 Å². The summed E-state index contributed by atoms with van der Waals surface area (Å²) in [6.07, 6.45) is 3.07. The van der Waals surface area contributed by atoms with Crippen LogP contribution in [0.1, 0.15) is 10.4 Å². The van der Waals surface area contributed by atoms with E-state index in [0.29, 0.717) is 42.5 Å². The molecule has 10 heteroatoms. The van der Waals surface area contributed by atoms with Crippen LogP contribution in [0.4, 0.5) is 5.69 Å². The number of amides is 1. The standard InChI is InChI=1S/C21H22ClN5O3S/c1-25-9-11-26(12-10-25)31(29,30)20-7-5-18(6-8-20)24-21(28)16-14-23-27(15-16)19-4-2-3-17(22)13-19/h2-8,13-15H,9-12H2,1H3,(H,24,28). The second-order valence-electron chi connectivity index (χ2n) is 7.34. The Morgan fingerprint density at radius 3 is 2.45 bits per heavy atom. The molecule has 1 aliphatic rings. The van der Waals surface area contributed by atoms with Crippen molar-refractivity contribution in [1.82, 2.24) is 19.0 Å². The van der Waals surface area contributed by atoms with Gasteiger partial charge in [0, 0.05) is 43.1 Å². The van der Waals surface area contributed by atoms with Crippen molar-refractivity contribution in [3.8, 4) is 5.69 Å². The summed E-state index contributed by atoms with van der Waals surface area (Å²) >= 11 is 6.00. The van der Waals surface area contributed by atoms with E-state index >= 15 is 0 Å². The van der Waals surface area contributed by atoms with E-state index in [-0.39, 0.29) is 10.8 Å². The maximum absolute atomic E-state index is 12.8. The predicted octanol–water partition coefficient (Wildman–Crippen LogP) is 2.71. The summed E-state index contributed by atoms with van der Waals surface area (Å²) in [6.45, 7) is 2.34. The second-order valence-corrected chi connectivity index (χ2v) is 9.71. The summed E-state index contributed by atoms with van der Waals surface area (Å²) in [6, 6.07) is 13.3. The van der Waals surface area contributed by atoms with Gasteiger partial charge in [-0.15, -0.1) is 0 Å². The summed E-state index contributed by atoms with van der Waals surface area (Å²) in [5.74, 6) is -0.344. The molecule has 1 amide bonds. The molecule has 2 aromatic carbocycles. The minimum absolute atomic E-state index is 0.212. The van der Waals surface area contributed by atoms with Crippen LogP contribution < -0.4 is 5.32 Å². The predicted molar refractivity (Wildman–Crippen MR) is 119 cm³/mol. The number of benzene rings is 2. The third-order valence-corrected chi connectivity index (χ3v) is 7.28. The van der Waals surface area contributed by atoms with Crippen molar-refractivity contribution in [3.63, 3.8) is 0 Å². The number of aromatic nitrogens is 2. The largest absolute Gasteiger partial charge is 0.322 e. The van der Waals surface area contributed by atoms with Gasteiger partial charge in [-0.3, -0.25) is 4.79 Å². The highest BCUT2D eigenvalue weighted by molar-refractivity contribution is 7.89. The quantitative estimate of drug-likeness (QED) is 0.633. The smallest absolute Gasteiger partial charge is 0.258 e. The second kappa shape index (κ2) is 8.80. The molecule has 1 N–H and O–H groups in total. The van der Waals surface area contributed by atoms with E-state index in [1.807, 2.05) is 13.1 Å². The highest BCUT2D eigenvalue weighted by Gasteiger charge is 2.27. The van der Waals surface area contributed by atoms with Crippen molar-refractivity contribution >= 4 is 33.2 Å². The van der Waals surface area contributed by atoms with Crippen LogP contribution in [-0.2, 0) is 10.0 Å². The van der Waals surface area contributed by atoms with E-state index in [9.17, 15) is 13.2 Å². The van der Waals surface area contributed by atoms with Crippen LogP contribution in [-0.4, -0.2) is 66.5 Å². The zero-order valence-corrected chi connectivity index (χ0v) is 18.5. The van der Waals surface area contributed by atoms with E-state index < -0.39 is 10.0 Å². The third-order valence-electron chi connectivity index (χ3n) is 5.13. The van der Waals surface area contributed by atoms with Gasteiger partial charge >= 0.3 is 0 Å². The lowest BCUT2D eigenvalue weighted by Gasteiger charge is -2.31. The van der Waals surface area contributed by atoms with Crippen LogP contribution >= 0.6 is 11.6 Å². The first kappa shape index (κ1) is 21.5. The lowest BCUT2D eigenvalue weighted by atomic mass is 10.3. The Labute approximate surface area is 186 Å². The first-order chi connectivity index (χ1) is 14.8. The Bertz CT molecular complexity index is 1190. The van der Waals surface area contributed by atoms with Crippen LogP contribution in [0.25, 0.3) is 5.69 Å². The summed E-state index contributed by atoms with van der Waals surface area (Å²) in [5.41, 5.74) is 1.61. The van der Waals surface area contributed by atoms with Gasteiger partial charge < -0.3 is 10.2 Å². The van der Waals surface area contributed by atoms with Crippen molar-refractivity contribution in [1.29, 1.82) is 0 Å². The van der Waals surface area contributed by atoms with Crippen LogP contribution in [0.5, 0.6) is 0 Å². The van der Waals surface area contributed by atoms with Gasteiger partial charge in [-0.05, 0) is 49.5 Å². The Kier molecular flexibility index (Phi) is 6.10. The third kappa shape index (κ3) is 4.80. The molecule has 0 unspecified atom stereocenters. The van der Waals surface area contributed by atoms with Crippen LogP contribution in [0.3, 0.4) is 0 Å². The van der Waals surface area contributed by atoms with Gasteiger partial charge in [0.1, 0.15) is 0 Å².